The molecule has 0 spiro atoms. The molecule has 0 fully saturated rings. The van der Waals surface area contributed by atoms with Crippen LogP contribution in [0.25, 0.3) is 11.0 Å². The number of aryl methyl sites for hydroxylation is 1. The van der Waals surface area contributed by atoms with Gasteiger partial charge in [-0.1, -0.05) is 13.3 Å². The molecule has 3 aromatic rings. The molecule has 2 N–H and O–H groups in total. The Morgan fingerprint density at radius 2 is 1.93 bits per heavy atom. The molecule has 1 heterocycles. The number of imidazole rings is 1. The highest BCUT2D eigenvalue weighted by Crippen LogP contribution is 2.22. The minimum absolute atomic E-state index is 0.0278. The number of carboxylic acid groups (broad SMARTS) is 1. The molecular weight excluding hydrogens is 397 g/mol. The number of carbonyl (C=O) groups is 1. The lowest BCUT2D eigenvalue weighted by molar-refractivity contribution is -0.137. The van der Waals surface area contributed by atoms with Crippen LogP contribution in [0.15, 0.2) is 47.4 Å². The second-order valence-corrected chi connectivity index (χ2v) is 8.69. The van der Waals surface area contributed by atoms with Crippen LogP contribution in [0.4, 0.5) is 10.1 Å². The maximum absolute atomic E-state index is 13.0. The smallest absolute Gasteiger partial charge is 0.323 e. The number of unbranched alkanes of at least 4 members (excludes halogenated alkanes) is 1. The standard InChI is InChI=1S/C20H22FN3O4S/c1-2-3-4-19-23-17-11-15(7-10-18(17)24(19)12-20(25)26)22-13-29(27,28)16-8-5-14(21)6-9-16/h5-11,22H,2-4,12-13H2,1H3,(H,25,26). The summed E-state index contributed by atoms with van der Waals surface area (Å²) in [6.45, 7) is 1.87. The largest absolute Gasteiger partial charge is 0.480 e. The normalized spacial score (nSPS) is 11.7. The van der Waals surface area contributed by atoms with Crippen molar-refractivity contribution in [3.8, 4) is 0 Å². The fraction of sp³-hybridized carbons (Fsp3) is 0.300. The number of nitrogens with one attached hydrogen (secondary N) is 1. The quantitative estimate of drug-likeness (QED) is 0.515. The van der Waals surface area contributed by atoms with E-state index in [-0.39, 0.29) is 17.3 Å². The van der Waals surface area contributed by atoms with E-state index in [9.17, 15) is 22.7 Å². The molecule has 0 unspecified atom stereocenters. The van der Waals surface area contributed by atoms with Gasteiger partial charge in [0.25, 0.3) is 0 Å². The second kappa shape index (κ2) is 8.60. The number of nitrogens with zero attached hydrogens (tertiary/aromatic N) is 2. The van der Waals surface area contributed by atoms with Gasteiger partial charge in [0.15, 0.2) is 9.84 Å². The number of aromatic nitrogens is 2. The van der Waals surface area contributed by atoms with Crippen molar-refractivity contribution in [3.63, 3.8) is 0 Å². The number of halogens is 1. The minimum atomic E-state index is -3.64. The molecule has 0 atom stereocenters. The molecule has 1 aromatic heterocycles. The van der Waals surface area contributed by atoms with E-state index in [2.05, 4.69) is 10.3 Å². The van der Waals surface area contributed by atoms with Crippen LogP contribution in [0.5, 0.6) is 0 Å². The third kappa shape index (κ3) is 4.92. The molecule has 0 saturated heterocycles. The monoisotopic (exact) mass is 419 g/mol. The van der Waals surface area contributed by atoms with Gasteiger partial charge >= 0.3 is 5.97 Å². The summed E-state index contributed by atoms with van der Waals surface area (Å²) in [7, 11) is -3.64. The van der Waals surface area contributed by atoms with Crippen LogP contribution >= 0.6 is 0 Å². The van der Waals surface area contributed by atoms with Crippen molar-refractivity contribution >= 4 is 32.5 Å². The molecular formula is C20H22FN3O4S. The van der Waals surface area contributed by atoms with Gasteiger partial charge in [-0.3, -0.25) is 4.79 Å². The highest BCUT2D eigenvalue weighted by Gasteiger charge is 2.16. The fourth-order valence-electron chi connectivity index (χ4n) is 3.03. The zero-order valence-corrected chi connectivity index (χ0v) is 16.7. The lowest BCUT2D eigenvalue weighted by Crippen LogP contribution is -2.14. The maximum Gasteiger partial charge on any atom is 0.323 e. The van der Waals surface area contributed by atoms with Gasteiger partial charge in [-0.15, -0.1) is 0 Å². The molecule has 29 heavy (non-hydrogen) atoms. The molecule has 0 aliphatic heterocycles. The third-order valence-electron chi connectivity index (χ3n) is 4.51. The first-order valence-corrected chi connectivity index (χ1v) is 10.9. The summed E-state index contributed by atoms with van der Waals surface area (Å²) < 4.78 is 39.5. The number of hydrogen-bond acceptors (Lipinski definition) is 5. The third-order valence-corrected chi connectivity index (χ3v) is 6.03. The van der Waals surface area contributed by atoms with Crippen molar-refractivity contribution in [3.05, 3.63) is 54.1 Å². The zero-order valence-electron chi connectivity index (χ0n) is 15.9. The van der Waals surface area contributed by atoms with Crippen LogP contribution in [0.2, 0.25) is 0 Å². The van der Waals surface area contributed by atoms with Crippen LogP contribution in [0.3, 0.4) is 0 Å². The van der Waals surface area contributed by atoms with E-state index in [4.69, 9.17) is 0 Å². The van der Waals surface area contributed by atoms with E-state index in [0.717, 1.165) is 25.0 Å². The first-order chi connectivity index (χ1) is 13.8. The average molecular weight is 419 g/mol. The van der Waals surface area contributed by atoms with E-state index in [0.29, 0.717) is 29.0 Å². The Morgan fingerprint density at radius 3 is 2.59 bits per heavy atom. The maximum atomic E-state index is 13.0. The Balaban J connectivity index is 1.83. The minimum Gasteiger partial charge on any atom is -0.480 e. The molecule has 7 nitrogen and oxygen atoms in total. The average Bonchev–Trinajstić information content (AvgIpc) is 3.01. The van der Waals surface area contributed by atoms with Gasteiger partial charge in [0.05, 0.1) is 15.9 Å². The van der Waals surface area contributed by atoms with Gasteiger partial charge in [0, 0.05) is 12.1 Å². The summed E-state index contributed by atoms with van der Waals surface area (Å²) in [5.41, 5.74) is 1.83. The Kier molecular flexibility index (Phi) is 6.17. The van der Waals surface area contributed by atoms with Crippen molar-refractivity contribution in [2.45, 2.75) is 37.6 Å². The van der Waals surface area contributed by atoms with E-state index in [1.54, 1.807) is 22.8 Å². The van der Waals surface area contributed by atoms with Crippen molar-refractivity contribution in [1.29, 1.82) is 0 Å². The van der Waals surface area contributed by atoms with Gasteiger partial charge in [0.2, 0.25) is 0 Å². The van der Waals surface area contributed by atoms with Crippen LogP contribution in [0.1, 0.15) is 25.6 Å². The van der Waals surface area contributed by atoms with E-state index in [1.165, 1.54) is 12.1 Å². The number of hydrogen-bond donors (Lipinski definition) is 2. The molecule has 0 aliphatic carbocycles. The van der Waals surface area contributed by atoms with E-state index >= 15 is 0 Å². The Bertz CT molecular complexity index is 1120. The van der Waals surface area contributed by atoms with Crippen molar-refractivity contribution in [1.82, 2.24) is 9.55 Å². The van der Waals surface area contributed by atoms with E-state index < -0.39 is 21.6 Å². The number of anilines is 1. The second-order valence-electron chi connectivity index (χ2n) is 6.70. The van der Waals surface area contributed by atoms with Crippen LogP contribution in [-0.4, -0.2) is 34.9 Å². The molecule has 0 radical (unpaired) electrons. The van der Waals surface area contributed by atoms with Gasteiger partial charge < -0.3 is 15.0 Å². The highest BCUT2D eigenvalue weighted by molar-refractivity contribution is 7.91. The summed E-state index contributed by atoms with van der Waals surface area (Å²) in [6.07, 6.45) is 2.52. The number of sulfone groups is 1. The molecule has 0 amide bonds. The number of fused-ring (bicyclic) bond motifs is 1. The Morgan fingerprint density at radius 1 is 1.21 bits per heavy atom. The summed E-state index contributed by atoms with van der Waals surface area (Å²) >= 11 is 0. The predicted octanol–water partition coefficient (Wildman–Crippen LogP) is 3.45. The fourth-order valence-corrected chi connectivity index (χ4v) is 4.10. The summed E-state index contributed by atoms with van der Waals surface area (Å²) in [4.78, 5) is 15.8. The molecule has 2 aromatic carbocycles. The zero-order chi connectivity index (χ0) is 21.0. The van der Waals surface area contributed by atoms with Crippen LogP contribution in [0, 0.1) is 5.82 Å². The Hall–Kier alpha value is -2.94. The van der Waals surface area contributed by atoms with Gasteiger partial charge in [0.1, 0.15) is 24.1 Å². The number of benzene rings is 2. The van der Waals surface area contributed by atoms with E-state index in [1.807, 2.05) is 6.92 Å². The van der Waals surface area contributed by atoms with Gasteiger partial charge in [-0.05, 0) is 48.9 Å². The summed E-state index contributed by atoms with van der Waals surface area (Å²) in [6, 6.07) is 9.77. The first kappa shape index (κ1) is 20.8. The van der Waals surface area contributed by atoms with Crippen molar-refractivity contribution in [2.75, 3.05) is 11.2 Å². The predicted molar refractivity (Wildman–Crippen MR) is 108 cm³/mol. The number of carboxylic acids is 1. The highest BCUT2D eigenvalue weighted by atomic mass is 32.2. The summed E-state index contributed by atoms with van der Waals surface area (Å²) in [5, 5.41) is 12.1. The van der Waals surface area contributed by atoms with Crippen LogP contribution < -0.4 is 5.32 Å². The molecule has 0 aliphatic rings. The van der Waals surface area contributed by atoms with Gasteiger partial charge in [-0.25, -0.2) is 17.8 Å². The van der Waals surface area contributed by atoms with Crippen LogP contribution in [-0.2, 0) is 27.6 Å². The molecule has 0 bridgehead atoms. The molecule has 154 valence electrons. The number of rotatable bonds is 9. The van der Waals surface area contributed by atoms with Gasteiger partial charge in [-0.2, -0.15) is 0 Å². The van der Waals surface area contributed by atoms with Crippen molar-refractivity contribution in [2.24, 2.45) is 0 Å². The lowest BCUT2D eigenvalue weighted by Gasteiger charge is -2.09. The molecule has 0 saturated carbocycles. The topological polar surface area (TPSA) is 101 Å². The lowest BCUT2D eigenvalue weighted by atomic mass is 10.2. The first-order valence-electron chi connectivity index (χ1n) is 9.23. The number of aliphatic carboxylic acids is 1. The summed E-state index contributed by atoms with van der Waals surface area (Å²) in [5.74, 6) is -1.11. The Labute approximate surface area is 168 Å². The SMILES string of the molecule is CCCCc1nc2cc(NCS(=O)(=O)c3ccc(F)cc3)ccc2n1CC(=O)O. The molecule has 9 heteroatoms. The molecule has 3 rings (SSSR count). The van der Waals surface area contributed by atoms with Crippen molar-refractivity contribution < 1.29 is 22.7 Å².